The number of pyridine rings is 1. The molecule has 0 aliphatic heterocycles. The van der Waals surface area contributed by atoms with Crippen LogP contribution in [0.1, 0.15) is 34.7 Å². The monoisotopic (exact) mass is 323 g/mol. The molecule has 1 aromatic heterocycles. The lowest BCUT2D eigenvalue weighted by atomic mass is 9.94. The summed E-state index contributed by atoms with van der Waals surface area (Å²) in [5, 5.41) is 4.13. The van der Waals surface area contributed by atoms with Crippen LogP contribution in [0, 0.1) is 6.92 Å². The van der Waals surface area contributed by atoms with Crippen molar-refractivity contribution >= 4 is 33.3 Å². The molecule has 0 atom stereocenters. The van der Waals surface area contributed by atoms with Crippen LogP contribution in [-0.4, -0.2) is 4.98 Å². The average Bonchev–Trinajstić information content (AvgIpc) is 3.19. The number of hydrogen-bond acceptors (Lipinski definition) is 0. The Morgan fingerprint density at radius 1 is 0.960 bits per heavy atom. The van der Waals surface area contributed by atoms with Gasteiger partial charge in [-0.3, -0.25) is 0 Å². The van der Waals surface area contributed by atoms with Gasteiger partial charge in [-0.25, -0.2) is 0 Å². The summed E-state index contributed by atoms with van der Waals surface area (Å²) in [4.78, 5) is 3.46. The number of aromatic nitrogens is 1. The van der Waals surface area contributed by atoms with Crippen LogP contribution < -0.4 is 0 Å². The van der Waals surface area contributed by atoms with E-state index in [1.54, 1.807) is 0 Å². The molecule has 1 heterocycles. The summed E-state index contributed by atoms with van der Waals surface area (Å²) < 4.78 is 0. The molecule has 122 valence electrons. The van der Waals surface area contributed by atoms with E-state index in [-0.39, 0.29) is 0 Å². The Hall–Kier alpha value is -2.80. The summed E-state index contributed by atoms with van der Waals surface area (Å²) in [7, 11) is 0. The van der Waals surface area contributed by atoms with Gasteiger partial charge in [0, 0.05) is 17.1 Å². The molecule has 25 heavy (non-hydrogen) atoms. The van der Waals surface area contributed by atoms with Gasteiger partial charge in [-0.15, -0.1) is 0 Å². The van der Waals surface area contributed by atoms with Gasteiger partial charge in [0.15, 0.2) is 0 Å². The first-order chi connectivity index (χ1) is 12.3. The van der Waals surface area contributed by atoms with Gasteiger partial charge in [0.1, 0.15) is 0 Å². The number of fused-ring (bicyclic) bond motifs is 3. The minimum atomic E-state index is 1.02. The molecule has 0 fully saturated rings. The predicted octanol–water partition coefficient (Wildman–Crippen LogP) is 6.29. The van der Waals surface area contributed by atoms with Crippen LogP contribution in [0.3, 0.4) is 0 Å². The predicted molar refractivity (Wildman–Crippen MR) is 108 cm³/mol. The second-order valence-corrected chi connectivity index (χ2v) is 7.05. The largest absolute Gasteiger partial charge is 0.361 e. The van der Waals surface area contributed by atoms with Crippen LogP contribution >= 0.6 is 0 Å². The van der Waals surface area contributed by atoms with Gasteiger partial charge in [-0.1, -0.05) is 49.4 Å². The molecule has 1 nitrogen and oxygen atoms in total. The third-order valence-corrected chi connectivity index (χ3v) is 5.61. The Morgan fingerprint density at radius 3 is 2.68 bits per heavy atom. The molecule has 5 rings (SSSR count). The Morgan fingerprint density at radius 2 is 1.84 bits per heavy atom. The van der Waals surface area contributed by atoms with E-state index in [1.165, 1.54) is 55.1 Å². The smallest absolute Gasteiger partial charge is 0.0466 e. The van der Waals surface area contributed by atoms with Crippen molar-refractivity contribution in [2.45, 2.75) is 26.7 Å². The maximum atomic E-state index is 3.46. The topological polar surface area (TPSA) is 15.8 Å². The Bertz CT molecular complexity index is 1160. The van der Waals surface area contributed by atoms with E-state index in [0.717, 1.165) is 12.8 Å². The lowest BCUT2D eigenvalue weighted by molar-refractivity contribution is 1.14. The van der Waals surface area contributed by atoms with Crippen molar-refractivity contribution in [2.75, 3.05) is 0 Å². The second kappa shape index (κ2) is 5.35. The number of hydrogen-bond donors (Lipinski definition) is 1. The number of benzene rings is 2. The zero-order chi connectivity index (χ0) is 17.0. The van der Waals surface area contributed by atoms with Crippen molar-refractivity contribution in [1.29, 1.82) is 0 Å². The van der Waals surface area contributed by atoms with Gasteiger partial charge in [0.05, 0.1) is 0 Å². The number of rotatable bonds is 2. The van der Waals surface area contributed by atoms with Crippen LogP contribution in [0.5, 0.6) is 0 Å². The maximum absolute atomic E-state index is 3.46. The highest BCUT2D eigenvalue weighted by molar-refractivity contribution is 6.13. The average molecular weight is 323 g/mol. The molecule has 3 aromatic carbocycles. The number of aromatic amines is 1. The van der Waals surface area contributed by atoms with Gasteiger partial charge in [0.25, 0.3) is 0 Å². The normalized spacial score (nSPS) is 13.4. The first-order valence-electron chi connectivity index (χ1n) is 9.07. The van der Waals surface area contributed by atoms with Gasteiger partial charge in [0.2, 0.25) is 0 Å². The molecule has 1 aliphatic carbocycles. The van der Waals surface area contributed by atoms with Crippen LogP contribution in [0.2, 0.25) is 0 Å². The highest BCUT2D eigenvalue weighted by atomic mass is 14.6. The molecule has 1 aliphatic rings. The van der Waals surface area contributed by atoms with E-state index in [2.05, 4.69) is 73.4 Å². The summed E-state index contributed by atoms with van der Waals surface area (Å²) in [6, 6.07) is 17.8. The number of H-pyrrole nitrogens is 1. The van der Waals surface area contributed by atoms with Crippen molar-refractivity contribution in [1.82, 2.24) is 4.98 Å². The van der Waals surface area contributed by atoms with Crippen LogP contribution in [0.4, 0.5) is 0 Å². The fraction of sp³-hybridized carbons (Fsp3) is 0.167. The van der Waals surface area contributed by atoms with Crippen molar-refractivity contribution in [2.24, 2.45) is 0 Å². The second-order valence-electron chi connectivity index (χ2n) is 7.05. The van der Waals surface area contributed by atoms with Gasteiger partial charge in [-0.05, 0) is 76.1 Å². The number of nitrogens with one attached hydrogen (secondary N) is 1. The molecule has 1 heteroatoms. The van der Waals surface area contributed by atoms with E-state index in [1.807, 2.05) is 6.20 Å². The van der Waals surface area contributed by atoms with E-state index < -0.39 is 0 Å². The van der Waals surface area contributed by atoms with E-state index in [9.17, 15) is 0 Å². The Labute approximate surface area is 148 Å². The summed E-state index contributed by atoms with van der Waals surface area (Å²) in [5.41, 5.74) is 9.74. The van der Waals surface area contributed by atoms with Crippen molar-refractivity contribution in [3.05, 3.63) is 82.5 Å². The molecule has 4 aromatic rings. The highest BCUT2D eigenvalue weighted by Crippen LogP contribution is 2.41. The van der Waals surface area contributed by atoms with Crippen LogP contribution in [0.15, 0.2) is 54.7 Å². The Balaban J connectivity index is 1.87. The van der Waals surface area contributed by atoms with E-state index >= 15 is 0 Å². The van der Waals surface area contributed by atoms with Crippen molar-refractivity contribution in [3.8, 4) is 0 Å². The minimum Gasteiger partial charge on any atom is -0.361 e. The molecule has 1 N–H and O–H groups in total. The summed E-state index contributed by atoms with van der Waals surface area (Å²) in [6.45, 7) is 4.50. The minimum absolute atomic E-state index is 1.02. The fourth-order valence-corrected chi connectivity index (χ4v) is 4.46. The standard InChI is InChI=1S/C24H21N/c1-3-19-15(2)11-22-21(19)14-23-20(9-6-10-25-23)24(22)18-12-16-7-4-5-8-17(16)13-18/h4-12,14,25H,3,13H2,1-2H3. The molecule has 0 radical (unpaired) electrons. The van der Waals surface area contributed by atoms with Crippen molar-refractivity contribution < 1.29 is 0 Å². The van der Waals surface area contributed by atoms with E-state index in [4.69, 9.17) is 0 Å². The van der Waals surface area contributed by atoms with Gasteiger partial charge >= 0.3 is 0 Å². The zero-order valence-electron chi connectivity index (χ0n) is 14.7. The summed E-state index contributed by atoms with van der Waals surface area (Å²) in [5.74, 6) is 0. The van der Waals surface area contributed by atoms with Gasteiger partial charge < -0.3 is 4.98 Å². The van der Waals surface area contributed by atoms with E-state index in [0.29, 0.717) is 0 Å². The fourth-order valence-electron chi connectivity index (χ4n) is 4.46. The number of allylic oxidation sites excluding steroid dienone is 1. The molecule has 0 unspecified atom stereocenters. The summed E-state index contributed by atoms with van der Waals surface area (Å²) in [6.07, 6.45) is 6.50. The lowest BCUT2D eigenvalue weighted by Gasteiger charge is -2.11. The molecule has 0 saturated heterocycles. The first kappa shape index (κ1) is 14.5. The Kier molecular flexibility index (Phi) is 3.11. The number of aryl methyl sites for hydroxylation is 2. The molecule has 0 saturated carbocycles. The van der Waals surface area contributed by atoms with Crippen molar-refractivity contribution in [3.63, 3.8) is 0 Å². The maximum Gasteiger partial charge on any atom is 0.0466 e. The zero-order valence-corrected chi connectivity index (χ0v) is 14.7. The summed E-state index contributed by atoms with van der Waals surface area (Å²) >= 11 is 0. The first-order valence-corrected chi connectivity index (χ1v) is 9.07. The molecular weight excluding hydrogens is 302 g/mol. The van der Waals surface area contributed by atoms with Gasteiger partial charge in [-0.2, -0.15) is 0 Å². The quantitative estimate of drug-likeness (QED) is 0.446. The molecular formula is C24H21N. The van der Waals surface area contributed by atoms with Crippen LogP contribution in [0.25, 0.3) is 33.3 Å². The SMILES string of the molecule is CCc1c(C)cc2c(C3=Cc4ccccc4C3)c3ccc[nH]c3cc12. The third-order valence-electron chi connectivity index (χ3n) is 5.61. The highest BCUT2D eigenvalue weighted by Gasteiger charge is 2.20. The molecule has 0 amide bonds. The molecule has 0 spiro atoms. The third kappa shape index (κ3) is 2.09. The lowest BCUT2D eigenvalue weighted by Crippen LogP contribution is -1.91. The molecule has 0 bridgehead atoms. The van der Waals surface area contributed by atoms with Crippen LogP contribution in [-0.2, 0) is 12.8 Å².